The van der Waals surface area contributed by atoms with Gasteiger partial charge in [-0.25, -0.2) is 4.79 Å². The van der Waals surface area contributed by atoms with Gasteiger partial charge < -0.3 is 4.90 Å². The van der Waals surface area contributed by atoms with Crippen molar-refractivity contribution in [2.45, 2.75) is 17.7 Å². The Labute approximate surface area is 110 Å². The number of isocyanates is 1. The summed E-state index contributed by atoms with van der Waals surface area (Å²) in [6.45, 7) is 1.77. The fourth-order valence-electron chi connectivity index (χ4n) is 1.96. The lowest BCUT2D eigenvalue weighted by Crippen LogP contribution is -2.17. The van der Waals surface area contributed by atoms with Crippen LogP contribution in [0.3, 0.4) is 0 Å². The zero-order valence-corrected chi connectivity index (χ0v) is 11.0. The SMILES string of the molecule is O=C=NS(=O)(=O)c1cc(N2CCCC2)ccc1Cl. The highest BCUT2D eigenvalue weighted by Gasteiger charge is 2.20. The van der Waals surface area contributed by atoms with Gasteiger partial charge in [-0.15, -0.1) is 0 Å². The molecule has 0 unspecified atom stereocenters. The smallest absolute Gasteiger partial charge is 0.294 e. The molecule has 96 valence electrons. The molecule has 0 aromatic heterocycles. The highest BCUT2D eigenvalue weighted by molar-refractivity contribution is 7.90. The Balaban J connectivity index is 2.47. The third-order valence-electron chi connectivity index (χ3n) is 2.82. The minimum Gasteiger partial charge on any atom is -0.371 e. The minimum absolute atomic E-state index is 0.0527. The van der Waals surface area contributed by atoms with E-state index in [9.17, 15) is 13.2 Å². The first-order valence-electron chi connectivity index (χ1n) is 5.43. The van der Waals surface area contributed by atoms with E-state index >= 15 is 0 Å². The van der Waals surface area contributed by atoms with Gasteiger partial charge in [0.15, 0.2) is 0 Å². The Morgan fingerprint density at radius 1 is 1.28 bits per heavy atom. The number of benzene rings is 1. The molecule has 0 saturated carbocycles. The van der Waals surface area contributed by atoms with Gasteiger partial charge in [0.05, 0.1) is 5.02 Å². The summed E-state index contributed by atoms with van der Waals surface area (Å²) in [6, 6.07) is 4.71. The topological polar surface area (TPSA) is 66.8 Å². The lowest BCUT2D eigenvalue weighted by atomic mass is 10.3. The van der Waals surface area contributed by atoms with Crippen LogP contribution in [-0.4, -0.2) is 27.6 Å². The van der Waals surface area contributed by atoms with Gasteiger partial charge in [-0.2, -0.15) is 8.42 Å². The lowest BCUT2D eigenvalue weighted by Gasteiger charge is -2.18. The number of sulfonamides is 1. The lowest BCUT2D eigenvalue weighted by molar-refractivity contribution is 0.563. The van der Waals surface area contributed by atoms with E-state index in [1.807, 2.05) is 0 Å². The van der Waals surface area contributed by atoms with Crippen LogP contribution >= 0.6 is 11.6 Å². The van der Waals surface area contributed by atoms with Gasteiger partial charge in [-0.3, -0.25) is 0 Å². The second-order valence-corrected chi connectivity index (χ2v) is 5.95. The third kappa shape index (κ3) is 2.56. The Hall–Kier alpha value is -1.36. The Morgan fingerprint density at radius 3 is 2.56 bits per heavy atom. The van der Waals surface area contributed by atoms with Crippen molar-refractivity contribution >= 4 is 33.4 Å². The van der Waals surface area contributed by atoms with Crippen LogP contribution in [0.2, 0.25) is 5.02 Å². The molecule has 1 fully saturated rings. The summed E-state index contributed by atoms with van der Waals surface area (Å²) in [5.41, 5.74) is 0.775. The largest absolute Gasteiger partial charge is 0.371 e. The maximum atomic E-state index is 11.7. The van der Waals surface area contributed by atoms with Crippen LogP contribution in [0.4, 0.5) is 5.69 Å². The first kappa shape index (κ1) is 13.1. The molecular weight excluding hydrogens is 276 g/mol. The van der Waals surface area contributed by atoms with Gasteiger partial charge in [0.25, 0.3) is 16.1 Å². The van der Waals surface area contributed by atoms with Crippen LogP contribution in [-0.2, 0) is 14.8 Å². The molecule has 0 amide bonds. The molecule has 1 aliphatic heterocycles. The zero-order valence-electron chi connectivity index (χ0n) is 9.47. The molecule has 1 aliphatic rings. The summed E-state index contributed by atoms with van der Waals surface area (Å²) in [7, 11) is -4.05. The molecule has 0 bridgehead atoms. The summed E-state index contributed by atoms with van der Waals surface area (Å²) in [5.74, 6) is 0. The van der Waals surface area contributed by atoms with Gasteiger partial charge in [0.2, 0.25) is 0 Å². The van der Waals surface area contributed by atoms with E-state index in [0.717, 1.165) is 37.7 Å². The van der Waals surface area contributed by atoms with E-state index in [0.29, 0.717) is 0 Å². The van der Waals surface area contributed by atoms with Crippen molar-refractivity contribution in [1.29, 1.82) is 0 Å². The molecule has 0 aliphatic carbocycles. The van der Waals surface area contributed by atoms with Gasteiger partial charge in [0.1, 0.15) is 4.90 Å². The fraction of sp³-hybridized carbons (Fsp3) is 0.364. The monoisotopic (exact) mass is 286 g/mol. The van der Waals surface area contributed by atoms with E-state index in [1.54, 1.807) is 6.07 Å². The van der Waals surface area contributed by atoms with Gasteiger partial charge >= 0.3 is 0 Å². The molecule has 7 heteroatoms. The zero-order chi connectivity index (χ0) is 13.2. The maximum absolute atomic E-state index is 11.7. The summed E-state index contributed by atoms with van der Waals surface area (Å²) in [5, 5.41) is 0.0527. The Kier molecular flexibility index (Phi) is 3.71. The molecule has 0 N–H and O–H groups in total. The number of hydrogen-bond acceptors (Lipinski definition) is 4. The van der Waals surface area contributed by atoms with Crippen molar-refractivity contribution < 1.29 is 13.2 Å². The van der Waals surface area contributed by atoms with Crippen LogP contribution in [0.5, 0.6) is 0 Å². The maximum Gasteiger partial charge on any atom is 0.294 e. The number of halogens is 1. The van der Waals surface area contributed by atoms with Crippen molar-refractivity contribution in [3.05, 3.63) is 23.2 Å². The van der Waals surface area contributed by atoms with Crippen molar-refractivity contribution in [2.24, 2.45) is 4.40 Å². The molecule has 5 nitrogen and oxygen atoms in total. The molecular formula is C11H11ClN2O3S. The molecule has 1 aromatic carbocycles. The van der Waals surface area contributed by atoms with Crippen molar-refractivity contribution in [3.8, 4) is 0 Å². The van der Waals surface area contributed by atoms with Crippen LogP contribution in [0.15, 0.2) is 27.5 Å². The predicted molar refractivity (Wildman–Crippen MR) is 68.2 cm³/mol. The van der Waals surface area contributed by atoms with E-state index < -0.39 is 10.0 Å². The highest BCUT2D eigenvalue weighted by Crippen LogP contribution is 2.29. The number of nitrogens with zero attached hydrogens (tertiary/aromatic N) is 2. The fourth-order valence-corrected chi connectivity index (χ4v) is 3.15. The number of carbonyl (C=O) groups excluding carboxylic acids is 1. The predicted octanol–water partition coefficient (Wildman–Crippen LogP) is 1.96. The first-order valence-corrected chi connectivity index (χ1v) is 7.25. The first-order chi connectivity index (χ1) is 8.54. The summed E-state index contributed by atoms with van der Waals surface area (Å²) < 4.78 is 26.2. The molecule has 1 saturated heterocycles. The molecule has 0 spiro atoms. The second kappa shape index (κ2) is 5.10. The van der Waals surface area contributed by atoms with E-state index in [1.165, 1.54) is 12.1 Å². The van der Waals surface area contributed by atoms with Crippen LogP contribution in [0, 0.1) is 0 Å². The number of rotatable bonds is 3. The van der Waals surface area contributed by atoms with E-state index in [-0.39, 0.29) is 9.92 Å². The average Bonchev–Trinajstić information content (AvgIpc) is 2.82. The van der Waals surface area contributed by atoms with Crippen molar-refractivity contribution in [1.82, 2.24) is 0 Å². The third-order valence-corrected chi connectivity index (χ3v) is 4.47. The quantitative estimate of drug-likeness (QED) is 0.629. The average molecular weight is 287 g/mol. The molecule has 0 radical (unpaired) electrons. The molecule has 18 heavy (non-hydrogen) atoms. The van der Waals surface area contributed by atoms with Gasteiger partial charge in [0, 0.05) is 18.8 Å². The second-order valence-electron chi connectivity index (χ2n) is 3.97. The summed E-state index contributed by atoms with van der Waals surface area (Å²) in [4.78, 5) is 12.0. The Morgan fingerprint density at radius 2 is 1.94 bits per heavy atom. The van der Waals surface area contributed by atoms with Gasteiger partial charge in [-0.05, 0) is 31.0 Å². The highest BCUT2D eigenvalue weighted by atomic mass is 35.5. The normalized spacial score (nSPS) is 15.5. The summed E-state index contributed by atoms with van der Waals surface area (Å²) in [6.07, 6.45) is 3.20. The van der Waals surface area contributed by atoms with Crippen molar-refractivity contribution in [2.75, 3.05) is 18.0 Å². The minimum atomic E-state index is -4.05. The van der Waals surface area contributed by atoms with Gasteiger partial charge in [-0.1, -0.05) is 16.0 Å². The number of hydrogen-bond donors (Lipinski definition) is 0. The van der Waals surface area contributed by atoms with Crippen LogP contribution in [0.1, 0.15) is 12.8 Å². The standard InChI is InChI=1S/C11H11ClN2O3S/c12-10-4-3-9(14-5-1-2-6-14)7-11(10)18(16,17)13-8-15/h3-4,7H,1-2,5-6H2. The molecule has 2 rings (SSSR count). The summed E-state index contributed by atoms with van der Waals surface area (Å²) >= 11 is 5.84. The number of anilines is 1. The van der Waals surface area contributed by atoms with Crippen molar-refractivity contribution in [3.63, 3.8) is 0 Å². The Bertz CT molecular complexity index is 603. The van der Waals surface area contributed by atoms with Crippen LogP contribution in [0.25, 0.3) is 0 Å². The van der Waals surface area contributed by atoms with E-state index in [2.05, 4.69) is 9.30 Å². The molecule has 0 atom stereocenters. The van der Waals surface area contributed by atoms with E-state index in [4.69, 9.17) is 11.6 Å². The molecule has 1 aromatic rings. The molecule has 1 heterocycles. The van der Waals surface area contributed by atoms with Crippen LogP contribution < -0.4 is 4.90 Å².